The predicted molar refractivity (Wildman–Crippen MR) is 143 cm³/mol. The molecule has 14 heteroatoms. The quantitative estimate of drug-likeness (QED) is 0.167. The van der Waals surface area contributed by atoms with Crippen molar-refractivity contribution in [2.24, 2.45) is 5.92 Å². The van der Waals surface area contributed by atoms with Gasteiger partial charge in [-0.25, -0.2) is 14.6 Å². The highest BCUT2D eigenvalue weighted by Crippen LogP contribution is 2.30. The zero-order valence-corrected chi connectivity index (χ0v) is 23.3. The standard InChI is InChI=1S/C28H32N2O12/c1-15(2)25(32)42-22-16(3)41-27(34)19(13-38-26(33)18(22)12-17-8-6-5-7-9-17)30-24(31)21-23(39-14-40-28(35)36)20(37-4)10-11-29-21/h5-12,15-16,19,22,27,34H,13-14H2,1-4H3,(H,30,31)(H,35,36)/b18-12+/t16-,19-,22-,27?/m0/s1. The highest BCUT2D eigenvalue weighted by molar-refractivity contribution is 5.97. The Labute approximate surface area is 241 Å². The van der Waals surface area contributed by atoms with Crippen LogP contribution in [0.1, 0.15) is 36.8 Å². The van der Waals surface area contributed by atoms with E-state index in [-0.39, 0.29) is 22.8 Å². The summed E-state index contributed by atoms with van der Waals surface area (Å²) < 4.78 is 31.5. The first-order chi connectivity index (χ1) is 20.0. The summed E-state index contributed by atoms with van der Waals surface area (Å²) in [6.07, 6.45) is -2.93. The molecule has 0 bridgehead atoms. The molecular formula is C28H32N2O12. The summed E-state index contributed by atoms with van der Waals surface area (Å²) in [6, 6.07) is 8.83. The average molecular weight is 589 g/mol. The molecule has 14 nitrogen and oxygen atoms in total. The van der Waals surface area contributed by atoms with E-state index in [9.17, 15) is 24.3 Å². The number of esters is 2. The van der Waals surface area contributed by atoms with Gasteiger partial charge in [0.2, 0.25) is 6.79 Å². The lowest BCUT2D eigenvalue weighted by atomic mass is 10.0. The zero-order chi connectivity index (χ0) is 30.8. The van der Waals surface area contributed by atoms with Gasteiger partial charge in [-0.3, -0.25) is 9.59 Å². The van der Waals surface area contributed by atoms with Gasteiger partial charge in [0, 0.05) is 12.3 Å². The molecule has 0 aliphatic carbocycles. The number of aromatic nitrogens is 1. The number of cyclic esters (lactones) is 1. The fourth-order valence-corrected chi connectivity index (χ4v) is 3.76. The van der Waals surface area contributed by atoms with Gasteiger partial charge >= 0.3 is 18.1 Å². The molecule has 226 valence electrons. The molecule has 0 spiro atoms. The van der Waals surface area contributed by atoms with E-state index >= 15 is 0 Å². The first-order valence-electron chi connectivity index (χ1n) is 12.8. The summed E-state index contributed by atoms with van der Waals surface area (Å²) in [5, 5.41) is 22.1. The second-order valence-corrected chi connectivity index (χ2v) is 9.30. The maximum Gasteiger partial charge on any atom is 0.508 e. The van der Waals surface area contributed by atoms with Gasteiger partial charge in [0.1, 0.15) is 12.6 Å². The Morgan fingerprint density at radius 1 is 1.19 bits per heavy atom. The van der Waals surface area contributed by atoms with E-state index in [1.165, 1.54) is 32.4 Å². The summed E-state index contributed by atoms with van der Waals surface area (Å²) in [7, 11) is 1.29. The smallest absolute Gasteiger partial charge is 0.493 e. The van der Waals surface area contributed by atoms with E-state index in [1.54, 1.807) is 44.2 Å². The molecule has 2 heterocycles. The number of pyridine rings is 1. The second kappa shape index (κ2) is 14.8. The molecule has 1 aromatic carbocycles. The van der Waals surface area contributed by atoms with E-state index in [1.807, 2.05) is 0 Å². The Kier molecular flexibility index (Phi) is 11.2. The van der Waals surface area contributed by atoms with Crippen molar-refractivity contribution >= 4 is 30.1 Å². The minimum absolute atomic E-state index is 0.0366. The maximum atomic E-state index is 13.3. The third-order valence-electron chi connectivity index (χ3n) is 5.90. The molecule has 1 fully saturated rings. The summed E-state index contributed by atoms with van der Waals surface area (Å²) in [4.78, 5) is 53.7. The highest BCUT2D eigenvalue weighted by Gasteiger charge is 2.38. The lowest BCUT2D eigenvalue weighted by Crippen LogP contribution is -2.49. The number of aliphatic hydroxyl groups excluding tert-OH is 1. The number of benzene rings is 1. The molecule has 4 atom stereocenters. The van der Waals surface area contributed by atoms with E-state index in [2.05, 4.69) is 15.0 Å². The summed E-state index contributed by atoms with van der Waals surface area (Å²) >= 11 is 0. The number of hydrogen-bond donors (Lipinski definition) is 3. The first-order valence-corrected chi connectivity index (χ1v) is 12.8. The van der Waals surface area contributed by atoms with Crippen molar-refractivity contribution in [2.45, 2.75) is 45.3 Å². The van der Waals surface area contributed by atoms with E-state index in [4.69, 9.17) is 28.8 Å². The normalized spacial score (nSPS) is 21.8. The lowest BCUT2D eigenvalue weighted by molar-refractivity contribution is -0.183. The van der Waals surface area contributed by atoms with E-state index in [0.717, 1.165) is 0 Å². The molecule has 3 rings (SSSR count). The van der Waals surface area contributed by atoms with Crippen LogP contribution in [0.2, 0.25) is 0 Å². The Hall–Kier alpha value is -4.69. The minimum atomic E-state index is -1.74. The number of aliphatic hydroxyl groups is 1. The van der Waals surface area contributed by atoms with Crippen LogP contribution in [0.5, 0.6) is 11.5 Å². The molecule has 1 amide bonds. The van der Waals surface area contributed by atoms with E-state index in [0.29, 0.717) is 5.56 Å². The molecule has 42 heavy (non-hydrogen) atoms. The Balaban J connectivity index is 1.90. The van der Waals surface area contributed by atoms with Crippen LogP contribution < -0.4 is 14.8 Å². The van der Waals surface area contributed by atoms with Gasteiger partial charge in [0.25, 0.3) is 5.91 Å². The summed E-state index contributed by atoms with van der Waals surface area (Å²) in [5.74, 6) is -3.10. The van der Waals surface area contributed by atoms with Crippen molar-refractivity contribution in [3.63, 3.8) is 0 Å². The molecule has 1 unspecified atom stereocenters. The van der Waals surface area contributed by atoms with Crippen LogP contribution in [0, 0.1) is 5.92 Å². The van der Waals surface area contributed by atoms with Crippen molar-refractivity contribution < 1.29 is 57.8 Å². The van der Waals surface area contributed by atoms with Crippen LogP contribution in [-0.2, 0) is 28.5 Å². The number of methoxy groups -OCH3 is 1. The van der Waals surface area contributed by atoms with Crippen molar-refractivity contribution in [1.82, 2.24) is 10.3 Å². The van der Waals surface area contributed by atoms with Gasteiger partial charge in [-0.1, -0.05) is 44.2 Å². The van der Waals surface area contributed by atoms with Crippen LogP contribution in [0.3, 0.4) is 0 Å². The Bertz CT molecular complexity index is 1300. The van der Waals surface area contributed by atoms with Crippen LogP contribution in [0.15, 0.2) is 48.2 Å². The molecular weight excluding hydrogens is 556 g/mol. The number of nitrogens with one attached hydrogen (secondary N) is 1. The monoisotopic (exact) mass is 588 g/mol. The van der Waals surface area contributed by atoms with E-state index < -0.39 is 67.9 Å². The largest absolute Gasteiger partial charge is 0.508 e. The predicted octanol–water partition coefficient (Wildman–Crippen LogP) is 2.15. The van der Waals surface area contributed by atoms with Crippen LogP contribution in [-0.4, -0.2) is 84.2 Å². The number of rotatable bonds is 9. The third kappa shape index (κ3) is 8.41. The SMILES string of the molecule is COc1ccnc(C(=O)N[C@H]2COC(=O)/C(=C/c3ccccc3)[C@@H](OC(=O)C(C)C)[C@H](C)OC2O)c1OCOC(=O)O. The number of amides is 1. The van der Waals surface area contributed by atoms with Crippen LogP contribution >= 0.6 is 0 Å². The van der Waals surface area contributed by atoms with Crippen LogP contribution in [0.25, 0.3) is 6.08 Å². The average Bonchev–Trinajstić information content (AvgIpc) is 2.99. The number of ether oxygens (including phenoxy) is 6. The minimum Gasteiger partial charge on any atom is -0.493 e. The van der Waals surface area contributed by atoms with Crippen molar-refractivity contribution in [2.75, 3.05) is 20.5 Å². The first kappa shape index (κ1) is 31.8. The van der Waals surface area contributed by atoms with Crippen LogP contribution in [0.4, 0.5) is 4.79 Å². The van der Waals surface area contributed by atoms with Gasteiger partial charge in [-0.2, -0.15) is 0 Å². The van der Waals surface area contributed by atoms with Gasteiger partial charge < -0.3 is 44.0 Å². The molecule has 0 saturated carbocycles. The van der Waals surface area contributed by atoms with Crippen molar-refractivity contribution in [3.05, 3.63) is 59.4 Å². The zero-order valence-electron chi connectivity index (χ0n) is 23.3. The maximum absolute atomic E-state index is 13.3. The fourth-order valence-electron chi connectivity index (χ4n) is 3.76. The molecule has 1 aromatic heterocycles. The molecule has 1 aliphatic rings. The third-order valence-corrected chi connectivity index (χ3v) is 5.90. The van der Waals surface area contributed by atoms with Gasteiger partial charge in [0.15, 0.2) is 29.6 Å². The van der Waals surface area contributed by atoms with Gasteiger partial charge in [-0.15, -0.1) is 0 Å². The Morgan fingerprint density at radius 3 is 2.55 bits per heavy atom. The molecule has 2 aromatic rings. The molecule has 1 aliphatic heterocycles. The van der Waals surface area contributed by atoms with Gasteiger partial charge in [-0.05, 0) is 18.6 Å². The number of carbonyl (C=O) groups is 4. The topological polar surface area (TPSA) is 189 Å². The number of carbonyl (C=O) groups excluding carboxylic acids is 3. The van der Waals surface area contributed by atoms with Crippen molar-refractivity contribution in [3.8, 4) is 11.5 Å². The second-order valence-electron chi connectivity index (χ2n) is 9.30. The number of hydrogen-bond acceptors (Lipinski definition) is 12. The Morgan fingerprint density at radius 2 is 1.90 bits per heavy atom. The fraction of sp³-hybridized carbons (Fsp3) is 0.393. The summed E-state index contributed by atoms with van der Waals surface area (Å²) in [6.45, 7) is 3.43. The summed E-state index contributed by atoms with van der Waals surface area (Å²) in [5.41, 5.74) is 0.240. The van der Waals surface area contributed by atoms with Crippen molar-refractivity contribution in [1.29, 1.82) is 0 Å². The highest BCUT2D eigenvalue weighted by atomic mass is 16.7. The van der Waals surface area contributed by atoms with Gasteiger partial charge in [0.05, 0.1) is 24.7 Å². The molecule has 0 radical (unpaired) electrons. The molecule has 3 N–H and O–H groups in total. The number of carboxylic acid groups (broad SMARTS) is 1. The molecule has 1 saturated heterocycles. The lowest BCUT2D eigenvalue weighted by Gasteiger charge is -2.28. The number of nitrogens with zero attached hydrogens (tertiary/aromatic N) is 1.